The first-order valence-corrected chi connectivity index (χ1v) is 13.6. The van der Waals surface area contributed by atoms with Crippen LogP contribution in [0.25, 0.3) is 0 Å². The number of hydrogen-bond acceptors (Lipinski definition) is 9. The predicted octanol–water partition coefficient (Wildman–Crippen LogP) is 4.02. The summed E-state index contributed by atoms with van der Waals surface area (Å²) in [5.41, 5.74) is 1.24. The molecule has 1 aliphatic carbocycles. The highest BCUT2D eigenvalue weighted by molar-refractivity contribution is 7.11. The van der Waals surface area contributed by atoms with Gasteiger partial charge in [-0.1, -0.05) is 12.1 Å². The van der Waals surface area contributed by atoms with Gasteiger partial charge in [0.05, 0.1) is 31.8 Å². The van der Waals surface area contributed by atoms with E-state index in [1.807, 2.05) is 0 Å². The number of aromatic nitrogens is 1. The molecule has 1 N–H and O–H groups in total. The van der Waals surface area contributed by atoms with Crippen LogP contribution < -0.4 is 5.32 Å². The van der Waals surface area contributed by atoms with Crippen LogP contribution in [0.3, 0.4) is 0 Å². The van der Waals surface area contributed by atoms with Crippen molar-refractivity contribution in [3.63, 3.8) is 0 Å². The zero-order valence-electron chi connectivity index (χ0n) is 21.7. The van der Waals surface area contributed by atoms with E-state index < -0.39 is 54.1 Å². The van der Waals surface area contributed by atoms with E-state index >= 15 is 8.78 Å². The number of amidine groups is 1. The van der Waals surface area contributed by atoms with Crippen LogP contribution in [-0.2, 0) is 19.1 Å². The van der Waals surface area contributed by atoms with Crippen molar-refractivity contribution in [2.45, 2.75) is 44.7 Å². The van der Waals surface area contributed by atoms with Gasteiger partial charge in [0.15, 0.2) is 10.8 Å². The van der Waals surface area contributed by atoms with Crippen molar-refractivity contribution in [1.82, 2.24) is 15.2 Å². The van der Waals surface area contributed by atoms with E-state index in [4.69, 9.17) is 14.5 Å². The molecular formula is C27H29F3N4O4S. The van der Waals surface area contributed by atoms with E-state index in [2.05, 4.69) is 10.3 Å². The van der Waals surface area contributed by atoms with Gasteiger partial charge in [-0.25, -0.2) is 22.9 Å². The number of nitrogens with zero attached hydrogens (tertiary/aromatic N) is 3. The highest BCUT2D eigenvalue weighted by atomic mass is 32.1. The van der Waals surface area contributed by atoms with Gasteiger partial charge in [-0.05, 0) is 43.9 Å². The quantitative estimate of drug-likeness (QED) is 0.510. The molecule has 3 heterocycles. The summed E-state index contributed by atoms with van der Waals surface area (Å²) in [5.74, 6) is -5.92. The molecule has 0 bridgehead atoms. The summed E-state index contributed by atoms with van der Waals surface area (Å²) in [6.07, 6.45) is 1.87. The summed E-state index contributed by atoms with van der Waals surface area (Å²) >= 11 is 1.32. The third kappa shape index (κ3) is 5.07. The molecule has 8 nitrogen and oxygen atoms in total. The molecule has 5 rings (SSSR count). The zero-order chi connectivity index (χ0) is 27.9. The molecule has 0 spiro atoms. The maximum absolute atomic E-state index is 15.2. The Morgan fingerprint density at radius 2 is 2.08 bits per heavy atom. The number of alkyl halides is 2. The van der Waals surface area contributed by atoms with Crippen molar-refractivity contribution in [2.75, 3.05) is 26.8 Å². The van der Waals surface area contributed by atoms with Crippen molar-refractivity contribution in [1.29, 1.82) is 0 Å². The molecule has 1 aromatic heterocycles. The number of esters is 2. The van der Waals surface area contributed by atoms with Crippen molar-refractivity contribution in [3.8, 4) is 0 Å². The van der Waals surface area contributed by atoms with Gasteiger partial charge >= 0.3 is 11.9 Å². The number of methoxy groups -OCH3 is 1. The van der Waals surface area contributed by atoms with E-state index in [9.17, 15) is 14.0 Å². The highest BCUT2D eigenvalue weighted by Crippen LogP contribution is 2.50. The molecule has 0 radical (unpaired) electrons. The lowest BCUT2D eigenvalue weighted by atomic mass is 9.92. The third-order valence-electron chi connectivity index (χ3n) is 7.71. The zero-order valence-corrected chi connectivity index (χ0v) is 22.6. The maximum atomic E-state index is 15.2. The number of ether oxygens (including phenoxy) is 2. The van der Waals surface area contributed by atoms with Crippen molar-refractivity contribution in [2.24, 2.45) is 16.8 Å². The molecule has 2 aliphatic heterocycles. The van der Waals surface area contributed by atoms with Gasteiger partial charge in [-0.2, -0.15) is 0 Å². The van der Waals surface area contributed by atoms with E-state index in [1.165, 1.54) is 30.6 Å². The van der Waals surface area contributed by atoms with Crippen LogP contribution in [-0.4, -0.2) is 66.4 Å². The first kappa shape index (κ1) is 27.3. The average molecular weight is 563 g/mol. The van der Waals surface area contributed by atoms with Crippen LogP contribution >= 0.6 is 11.3 Å². The number of likely N-dealkylation sites (tertiary alicyclic amines) is 1. The summed E-state index contributed by atoms with van der Waals surface area (Å²) < 4.78 is 55.2. The molecule has 2 aromatic rings. The van der Waals surface area contributed by atoms with Crippen LogP contribution in [0, 0.1) is 24.6 Å². The third-order valence-corrected chi connectivity index (χ3v) is 8.49. The Hall–Kier alpha value is -3.25. The summed E-state index contributed by atoms with van der Waals surface area (Å²) in [7, 11) is 1.25. The first-order chi connectivity index (χ1) is 18.6. The SMILES string of the molecule is CCOC(=O)C1=C(CN2CC(F)(F)C3CC(C(=O)OC)CC32)NC(c2nccs2)=N[C@H]1c1cccc(F)c1C. The van der Waals surface area contributed by atoms with Crippen LogP contribution in [0.4, 0.5) is 13.2 Å². The van der Waals surface area contributed by atoms with Gasteiger partial charge in [0.2, 0.25) is 0 Å². The van der Waals surface area contributed by atoms with Crippen LogP contribution in [0.1, 0.15) is 41.9 Å². The van der Waals surface area contributed by atoms with E-state index in [0.717, 1.165) is 0 Å². The minimum atomic E-state index is -3.02. The molecule has 3 unspecified atom stereocenters. The molecule has 208 valence electrons. The normalized spacial score (nSPS) is 26.2. The smallest absolute Gasteiger partial charge is 0.338 e. The second-order valence-corrected chi connectivity index (χ2v) is 10.8. The lowest BCUT2D eigenvalue weighted by Crippen LogP contribution is -2.42. The van der Waals surface area contributed by atoms with Crippen LogP contribution in [0.2, 0.25) is 0 Å². The van der Waals surface area contributed by atoms with Gasteiger partial charge in [0.1, 0.15) is 11.9 Å². The topological polar surface area (TPSA) is 93.1 Å². The first-order valence-electron chi connectivity index (χ1n) is 12.7. The van der Waals surface area contributed by atoms with Crippen molar-refractivity contribution >= 4 is 29.1 Å². The van der Waals surface area contributed by atoms with Gasteiger partial charge < -0.3 is 14.8 Å². The number of carbonyl (C=O) groups excluding carboxylic acids is 2. The summed E-state index contributed by atoms with van der Waals surface area (Å²) in [6.45, 7) is 2.78. The second kappa shape index (κ2) is 10.7. The van der Waals surface area contributed by atoms with Crippen LogP contribution in [0.15, 0.2) is 46.0 Å². The fraction of sp³-hybridized carbons (Fsp3) is 0.481. The van der Waals surface area contributed by atoms with Gasteiger partial charge in [-0.15, -0.1) is 11.3 Å². The van der Waals surface area contributed by atoms with Gasteiger partial charge in [0, 0.05) is 35.8 Å². The predicted molar refractivity (Wildman–Crippen MR) is 138 cm³/mol. The van der Waals surface area contributed by atoms with E-state index in [1.54, 1.807) is 36.4 Å². The number of carbonyl (C=O) groups is 2. The molecule has 39 heavy (non-hydrogen) atoms. The Morgan fingerprint density at radius 3 is 2.77 bits per heavy atom. The van der Waals surface area contributed by atoms with Gasteiger partial charge in [-0.3, -0.25) is 14.7 Å². The Bertz CT molecular complexity index is 1330. The Morgan fingerprint density at radius 1 is 1.28 bits per heavy atom. The fourth-order valence-electron chi connectivity index (χ4n) is 5.88. The number of fused-ring (bicyclic) bond motifs is 1. The Kier molecular flexibility index (Phi) is 7.51. The number of hydrogen-bond donors (Lipinski definition) is 1. The number of thiazole rings is 1. The number of nitrogens with one attached hydrogen (secondary N) is 1. The molecule has 1 saturated heterocycles. The number of halogens is 3. The lowest BCUT2D eigenvalue weighted by Gasteiger charge is -2.31. The lowest BCUT2D eigenvalue weighted by molar-refractivity contribution is -0.146. The molecule has 2 fully saturated rings. The largest absolute Gasteiger partial charge is 0.469 e. The minimum absolute atomic E-state index is 0.0367. The van der Waals surface area contributed by atoms with E-state index in [0.29, 0.717) is 27.7 Å². The fourth-order valence-corrected chi connectivity index (χ4v) is 6.47. The van der Waals surface area contributed by atoms with Gasteiger partial charge in [0.25, 0.3) is 5.92 Å². The number of aliphatic imine (C=N–C) groups is 1. The molecule has 4 atom stereocenters. The molecular weight excluding hydrogens is 533 g/mol. The molecule has 12 heteroatoms. The molecule has 0 amide bonds. The molecule has 1 aromatic carbocycles. The number of rotatable bonds is 7. The van der Waals surface area contributed by atoms with Crippen molar-refractivity contribution < 1.29 is 32.2 Å². The molecule has 3 aliphatic rings. The monoisotopic (exact) mass is 562 g/mol. The maximum Gasteiger partial charge on any atom is 0.338 e. The highest BCUT2D eigenvalue weighted by Gasteiger charge is 2.59. The minimum Gasteiger partial charge on any atom is -0.469 e. The summed E-state index contributed by atoms with van der Waals surface area (Å²) in [4.78, 5) is 36.2. The summed E-state index contributed by atoms with van der Waals surface area (Å²) in [6, 6.07) is 3.02. The molecule has 1 saturated carbocycles. The average Bonchev–Trinajstić information content (AvgIpc) is 3.64. The van der Waals surface area contributed by atoms with Crippen LogP contribution in [0.5, 0.6) is 0 Å². The Balaban J connectivity index is 1.58. The second-order valence-electron chi connectivity index (χ2n) is 9.94. The number of benzene rings is 1. The van der Waals surface area contributed by atoms with E-state index in [-0.39, 0.29) is 31.6 Å². The Labute approximate surface area is 227 Å². The summed E-state index contributed by atoms with van der Waals surface area (Å²) in [5, 5.41) is 5.46. The standard InChI is InChI=1S/C27H29F3N4O4S/c1-4-38-26(36)21-19(12-34-13-27(29,30)17-10-15(11-20(17)34)25(35)37-3)32-23(24-31-8-9-39-24)33-22(21)16-6-5-7-18(28)14(16)2/h5-9,15,17,20,22H,4,10-13H2,1-3H3,(H,32,33)/t15?,17?,20?,22-/m0/s1. The van der Waals surface area contributed by atoms with Crippen molar-refractivity contribution in [3.05, 3.63) is 63.0 Å².